The molecular weight excluding hydrogens is 725 g/mol. The van der Waals surface area contributed by atoms with Crippen LogP contribution >= 0.6 is 0 Å². The molecule has 0 radical (unpaired) electrons. The quantitative estimate of drug-likeness (QED) is 0.169. The molecule has 13 rings (SSSR count). The van der Waals surface area contributed by atoms with Crippen LogP contribution < -0.4 is 0 Å². The lowest BCUT2D eigenvalue weighted by molar-refractivity contribution is 1.18. The van der Waals surface area contributed by atoms with Gasteiger partial charge in [0.1, 0.15) is 0 Å². The maximum absolute atomic E-state index is 2.52. The van der Waals surface area contributed by atoms with Crippen molar-refractivity contribution in [3.05, 3.63) is 218 Å². The van der Waals surface area contributed by atoms with Crippen LogP contribution in [0.2, 0.25) is 0 Å². The zero-order valence-corrected chi connectivity index (χ0v) is 32.7. The fourth-order valence-corrected chi connectivity index (χ4v) is 10.0. The normalized spacial score (nSPS) is 12.0. The van der Waals surface area contributed by atoms with Crippen molar-refractivity contribution in [2.75, 3.05) is 0 Å². The average Bonchev–Trinajstić information content (AvgIpc) is 3.80. The summed E-state index contributed by atoms with van der Waals surface area (Å²) in [6.45, 7) is 0. The van der Waals surface area contributed by atoms with E-state index in [1.807, 2.05) is 0 Å². The van der Waals surface area contributed by atoms with Gasteiger partial charge in [0.25, 0.3) is 0 Å². The minimum atomic E-state index is 1.15. The van der Waals surface area contributed by atoms with Gasteiger partial charge in [-0.15, -0.1) is 0 Å². The molecule has 0 aliphatic carbocycles. The first kappa shape index (κ1) is 33.1. The first-order valence-corrected chi connectivity index (χ1v) is 20.8. The van der Waals surface area contributed by atoms with Crippen LogP contribution in [0.3, 0.4) is 0 Å². The average molecular weight is 761 g/mol. The second-order valence-corrected chi connectivity index (χ2v) is 16.1. The molecule has 2 aromatic heterocycles. The molecule has 60 heavy (non-hydrogen) atoms. The molecule has 1 aliphatic heterocycles. The molecule has 0 unspecified atom stereocenters. The minimum absolute atomic E-state index is 1.15. The van der Waals surface area contributed by atoms with Crippen molar-refractivity contribution in [2.45, 2.75) is 0 Å². The van der Waals surface area contributed by atoms with E-state index in [2.05, 4.69) is 228 Å². The number of hydrogen-bond donors (Lipinski definition) is 0. The lowest BCUT2D eigenvalue weighted by atomic mass is 9.90. The minimum Gasteiger partial charge on any atom is -0.309 e. The van der Waals surface area contributed by atoms with E-state index in [1.54, 1.807) is 0 Å². The molecule has 0 spiro atoms. The van der Waals surface area contributed by atoms with Crippen LogP contribution in [0.4, 0.5) is 0 Å². The molecule has 3 heterocycles. The molecule has 0 saturated heterocycles. The summed E-state index contributed by atoms with van der Waals surface area (Å²) in [4.78, 5) is 0. The van der Waals surface area contributed by atoms with Gasteiger partial charge in [0.2, 0.25) is 0 Å². The molecule has 10 aromatic carbocycles. The smallest absolute Gasteiger partial charge is 0.0620 e. The van der Waals surface area contributed by atoms with E-state index in [0.29, 0.717) is 0 Å². The number of para-hydroxylation sites is 2. The summed E-state index contributed by atoms with van der Waals surface area (Å²) in [5.41, 5.74) is 19.6. The highest BCUT2D eigenvalue weighted by atomic mass is 15.0. The Morgan fingerprint density at radius 2 is 0.783 bits per heavy atom. The summed E-state index contributed by atoms with van der Waals surface area (Å²) in [6.07, 6.45) is 0. The van der Waals surface area contributed by atoms with Crippen molar-refractivity contribution in [2.24, 2.45) is 0 Å². The summed E-state index contributed by atoms with van der Waals surface area (Å²) >= 11 is 0. The van der Waals surface area contributed by atoms with Crippen LogP contribution in [0.25, 0.3) is 121 Å². The largest absolute Gasteiger partial charge is 0.309 e. The van der Waals surface area contributed by atoms with Crippen molar-refractivity contribution in [3.63, 3.8) is 0 Å². The number of fused-ring (bicyclic) bond motifs is 12. The zero-order valence-electron chi connectivity index (χ0n) is 32.7. The van der Waals surface area contributed by atoms with Crippen LogP contribution in [-0.4, -0.2) is 9.13 Å². The van der Waals surface area contributed by atoms with Crippen molar-refractivity contribution in [1.82, 2.24) is 9.13 Å². The topological polar surface area (TPSA) is 9.86 Å². The highest BCUT2D eigenvalue weighted by Gasteiger charge is 2.26. The van der Waals surface area contributed by atoms with E-state index in [0.717, 1.165) is 5.69 Å². The maximum atomic E-state index is 2.52. The van der Waals surface area contributed by atoms with E-state index in [4.69, 9.17) is 0 Å². The maximum Gasteiger partial charge on any atom is 0.0620 e. The molecule has 0 saturated carbocycles. The van der Waals surface area contributed by atoms with Gasteiger partial charge < -0.3 is 9.13 Å². The van der Waals surface area contributed by atoms with Gasteiger partial charge in [0.15, 0.2) is 0 Å². The summed E-state index contributed by atoms with van der Waals surface area (Å²) < 4.78 is 4.94. The van der Waals surface area contributed by atoms with Gasteiger partial charge in [-0.25, -0.2) is 0 Å². The lowest BCUT2D eigenvalue weighted by Gasteiger charge is -2.14. The Labute approximate surface area is 347 Å². The van der Waals surface area contributed by atoms with Crippen LogP contribution in [0.1, 0.15) is 0 Å². The summed E-state index contributed by atoms with van der Waals surface area (Å²) in [6, 6.07) is 80.6. The highest BCUT2D eigenvalue weighted by molar-refractivity contribution is 6.19. The third-order valence-electron chi connectivity index (χ3n) is 12.8. The first-order valence-electron chi connectivity index (χ1n) is 20.8. The van der Waals surface area contributed by atoms with Crippen molar-refractivity contribution in [3.8, 4) is 67.0 Å². The van der Waals surface area contributed by atoms with E-state index in [-0.39, 0.29) is 0 Å². The van der Waals surface area contributed by atoms with Crippen molar-refractivity contribution < 1.29 is 0 Å². The molecule has 2 nitrogen and oxygen atoms in total. The van der Waals surface area contributed by atoms with Crippen LogP contribution in [0, 0.1) is 0 Å². The van der Waals surface area contributed by atoms with Gasteiger partial charge in [-0.1, -0.05) is 152 Å². The summed E-state index contributed by atoms with van der Waals surface area (Å²) in [5, 5.41) is 7.53. The molecule has 0 N–H and O–H groups in total. The third kappa shape index (κ3) is 4.88. The lowest BCUT2D eigenvalue weighted by Crippen LogP contribution is -1.96. The van der Waals surface area contributed by atoms with E-state index >= 15 is 0 Å². The standard InChI is InChI=1S/C58H36N2/c1-2-13-37(14-3-1)39-17-12-18-40(31-39)38-25-28-45(29-26-38)59-54-23-10-8-21-48(54)51-33-43(27-30-56(51)59)44-34-52-47-20-7-6-19-46(47)50-32-41-15-4-5-16-42(41)36-57(50)60-55-24-11-9-22-49(55)53(35-44)58(52)60/h1-36H. The Balaban J connectivity index is 0.984. The molecule has 0 fully saturated rings. The molecule has 0 bridgehead atoms. The van der Waals surface area contributed by atoms with Gasteiger partial charge in [0.05, 0.1) is 27.8 Å². The molecule has 0 atom stereocenters. The molecule has 0 amide bonds. The Morgan fingerprint density at radius 3 is 1.55 bits per heavy atom. The highest BCUT2D eigenvalue weighted by Crippen LogP contribution is 2.49. The zero-order chi connectivity index (χ0) is 39.3. The predicted molar refractivity (Wildman–Crippen MR) is 253 cm³/mol. The molecular formula is C58H36N2. The van der Waals surface area contributed by atoms with Gasteiger partial charge >= 0.3 is 0 Å². The number of nitrogens with zero attached hydrogens (tertiary/aromatic N) is 2. The Bertz CT molecular complexity index is 3700. The first-order chi connectivity index (χ1) is 29.7. The predicted octanol–water partition coefficient (Wildman–Crippen LogP) is 15.7. The van der Waals surface area contributed by atoms with Gasteiger partial charge in [-0.05, 0) is 122 Å². The molecule has 1 aliphatic rings. The Morgan fingerprint density at radius 1 is 0.250 bits per heavy atom. The van der Waals surface area contributed by atoms with Crippen molar-refractivity contribution in [1.29, 1.82) is 0 Å². The third-order valence-corrected chi connectivity index (χ3v) is 12.8. The monoisotopic (exact) mass is 760 g/mol. The van der Waals surface area contributed by atoms with Gasteiger partial charge in [0, 0.05) is 38.4 Å². The second kappa shape index (κ2) is 12.8. The molecule has 12 aromatic rings. The molecule has 278 valence electrons. The number of rotatable bonds is 4. The van der Waals surface area contributed by atoms with Gasteiger partial charge in [-0.3, -0.25) is 0 Å². The number of benzene rings is 10. The van der Waals surface area contributed by atoms with Crippen LogP contribution in [0.15, 0.2) is 218 Å². The van der Waals surface area contributed by atoms with E-state index in [9.17, 15) is 0 Å². The Kier molecular flexibility index (Phi) is 7.05. The number of aromatic nitrogens is 2. The van der Waals surface area contributed by atoms with Crippen LogP contribution in [-0.2, 0) is 0 Å². The second-order valence-electron chi connectivity index (χ2n) is 16.1. The Hall–Kier alpha value is -7.94. The van der Waals surface area contributed by atoms with E-state index in [1.165, 1.54) is 116 Å². The number of hydrogen-bond acceptors (Lipinski definition) is 0. The van der Waals surface area contributed by atoms with Crippen molar-refractivity contribution >= 4 is 54.4 Å². The summed E-state index contributed by atoms with van der Waals surface area (Å²) in [7, 11) is 0. The fraction of sp³-hybridized carbons (Fsp3) is 0. The van der Waals surface area contributed by atoms with Crippen LogP contribution in [0.5, 0.6) is 0 Å². The van der Waals surface area contributed by atoms with Gasteiger partial charge in [-0.2, -0.15) is 0 Å². The SMILES string of the molecule is c1ccc(-c2cccc(-c3ccc(-n4c5ccccc5c5cc(-c6cc7c8c(c6)c6ccccc6n8-c6cc8ccccc8cc6-c6ccccc6-7)ccc54)cc3)c2)cc1. The summed E-state index contributed by atoms with van der Waals surface area (Å²) in [5.74, 6) is 0. The fourth-order valence-electron chi connectivity index (χ4n) is 10.0. The molecule has 2 heteroatoms. The van der Waals surface area contributed by atoms with E-state index < -0.39 is 0 Å².